The van der Waals surface area contributed by atoms with Gasteiger partial charge in [-0.1, -0.05) is 32.1 Å². The number of nitrogens with two attached hydrogens (primary N) is 1. The van der Waals surface area contributed by atoms with Gasteiger partial charge in [0.15, 0.2) is 5.01 Å². The van der Waals surface area contributed by atoms with Gasteiger partial charge >= 0.3 is 0 Å². The van der Waals surface area contributed by atoms with Crippen LogP contribution < -0.4 is 11.1 Å². The van der Waals surface area contributed by atoms with Gasteiger partial charge in [0, 0.05) is 18.8 Å². The predicted octanol–water partition coefficient (Wildman–Crippen LogP) is 2.53. The Morgan fingerprint density at radius 1 is 1.43 bits per heavy atom. The van der Waals surface area contributed by atoms with E-state index >= 15 is 0 Å². The molecule has 5 nitrogen and oxygen atoms in total. The van der Waals surface area contributed by atoms with Crippen LogP contribution in [0, 0.1) is 11.3 Å². The van der Waals surface area contributed by atoms with Crippen LogP contribution in [-0.2, 0) is 12.8 Å². The lowest BCUT2D eigenvalue weighted by atomic mass is 9.71. The number of amides is 1. The molecule has 124 valence electrons. The third-order valence-electron chi connectivity index (χ3n) is 4.60. The van der Waals surface area contributed by atoms with Crippen molar-refractivity contribution in [3.05, 3.63) is 22.3 Å². The molecule has 3 rings (SSSR count). The second kappa shape index (κ2) is 6.17. The second-order valence-electron chi connectivity index (χ2n) is 7.29. The van der Waals surface area contributed by atoms with Crippen LogP contribution in [0.4, 0.5) is 0 Å². The second-order valence-corrected chi connectivity index (χ2v) is 8.27. The third kappa shape index (κ3) is 3.38. The number of carbonyl (C=O) groups excluding carboxylic acids is 1. The van der Waals surface area contributed by atoms with Crippen LogP contribution in [0.25, 0.3) is 10.3 Å². The standard InChI is InChI=1S/C17H24N4OS/c1-17(2,3)11-4-5-12-10(8-11)9-13-15(20-12)23-16(21-13)14(22)19-7-6-18/h9,11H,4-8,18H2,1-3H3,(H,19,22). The number of carbonyl (C=O) groups is 1. The summed E-state index contributed by atoms with van der Waals surface area (Å²) in [5.74, 6) is 0.504. The van der Waals surface area contributed by atoms with Crippen molar-refractivity contribution in [3.8, 4) is 0 Å². The third-order valence-corrected chi connectivity index (χ3v) is 5.56. The lowest BCUT2D eigenvalue weighted by Gasteiger charge is -2.34. The highest BCUT2D eigenvalue weighted by Crippen LogP contribution is 2.37. The molecular formula is C17H24N4OS. The van der Waals surface area contributed by atoms with Gasteiger partial charge in [0.2, 0.25) is 0 Å². The Hall–Kier alpha value is -1.53. The number of hydrogen-bond acceptors (Lipinski definition) is 5. The molecule has 0 radical (unpaired) electrons. The molecule has 0 fully saturated rings. The van der Waals surface area contributed by atoms with Crippen molar-refractivity contribution in [2.45, 2.75) is 40.0 Å². The smallest absolute Gasteiger partial charge is 0.280 e. The van der Waals surface area contributed by atoms with Crippen LogP contribution in [0.3, 0.4) is 0 Å². The van der Waals surface area contributed by atoms with Crippen LogP contribution in [0.1, 0.15) is 48.3 Å². The topological polar surface area (TPSA) is 80.9 Å². The van der Waals surface area contributed by atoms with E-state index in [-0.39, 0.29) is 5.91 Å². The SMILES string of the molecule is CC(C)(C)C1CCc2nc3sc(C(=O)NCCN)nc3cc2C1. The summed E-state index contributed by atoms with van der Waals surface area (Å²) in [7, 11) is 0. The maximum Gasteiger partial charge on any atom is 0.280 e. The van der Waals surface area contributed by atoms with Gasteiger partial charge in [0.1, 0.15) is 10.3 Å². The number of aromatic nitrogens is 2. The summed E-state index contributed by atoms with van der Waals surface area (Å²) in [5, 5.41) is 3.23. The first-order valence-corrected chi connectivity index (χ1v) is 8.97. The van der Waals surface area contributed by atoms with Gasteiger partial charge in [-0.2, -0.15) is 0 Å². The number of rotatable bonds is 3. The minimum atomic E-state index is -0.163. The van der Waals surface area contributed by atoms with Crippen LogP contribution in [-0.4, -0.2) is 29.0 Å². The molecule has 1 amide bonds. The number of hydrogen-bond donors (Lipinski definition) is 2. The molecule has 1 unspecified atom stereocenters. The first-order chi connectivity index (χ1) is 10.9. The highest BCUT2D eigenvalue weighted by atomic mass is 32.1. The van der Waals surface area contributed by atoms with Crippen LogP contribution in [0.5, 0.6) is 0 Å². The summed E-state index contributed by atoms with van der Waals surface area (Å²) in [5.41, 5.74) is 9.03. The molecule has 0 spiro atoms. The first-order valence-electron chi connectivity index (χ1n) is 8.16. The fourth-order valence-corrected chi connectivity index (χ4v) is 3.97. The number of nitrogens with one attached hydrogen (secondary N) is 1. The van der Waals surface area contributed by atoms with Crippen molar-refractivity contribution < 1.29 is 4.79 Å². The summed E-state index contributed by atoms with van der Waals surface area (Å²) < 4.78 is 0. The summed E-state index contributed by atoms with van der Waals surface area (Å²) >= 11 is 1.36. The molecule has 2 heterocycles. The van der Waals surface area contributed by atoms with Crippen LogP contribution >= 0.6 is 11.3 Å². The van der Waals surface area contributed by atoms with Gasteiger partial charge in [-0.05, 0) is 42.2 Å². The van der Waals surface area contributed by atoms with Crippen molar-refractivity contribution >= 4 is 27.6 Å². The highest BCUT2D eigenvalue weighted by Gasteiger charge is 2.29. The normalized spacial score (nSPS) is 18.0. The van der Waals surface area contributed by atoms with Gasteiger partial charge in [0.25, 0.3) is 5.91 Å². The van der Waals surface area contributed by atoms with E-state index in [1.165, 1.54) is 29.0 Å². The monoisotopic (exact) mass is 332 g/mol. The zero-order valence-corrected chi connectivity index (χ0v) is 14.8. The van der Waals surface area contributed by atoms with Crippen LogP contribution in [0.15, 0.2) is 6.07 Å². The lowest BCUT2D eigenvalue weighted by Crippen LogP contribution is -2.28. The van der Waals surface area contributed by atoms with Crippen molar-refractivity contribution in [2.24, 2.45) is 17.1 Å². The highest BCUT2D eigenvalue weighted by molar-refractivity contribution is 7.19. The largest absolute Gasteiger partial charge is 0.349 e. The number of pyridine rings is 1. The molecule has 2 aromatic heterocycles. The van der Waals surface area contributed by atoms with Crippen molar-refractivity contribution in [2.75, 3.05) is 13.1 Å². The van der Waals surface area contributed by atoms with E-state index in [2.05, 4.69) is 37.1 Å². The summed E-state index contributed by atoms with van der Waals surface area (Å²) in [4.78, 5) is 22.1. The van der Waals surface area contributed by atoms with Gasteiger partial charge in [0.05, 0.1) is 0 Å². The Bertz CT molecular complexity index is 732. The molecule has 23 heavy (non-hydrogen) atoms. The summed E-state index contributed by atoms with van der Waals surface area (Å²) in [6, 6.07) is 2.13. The van der Waals surface area contributed by atoms with Gasteiger partial charge in [-0.25, -0.2) is 9.97 Å². The molecule has 6 heteroatoms. The Morgan fingerprint density at radius 3 is 2.91 bits per heavy atom. The molecule has 1 aliphatic rings. The van der Waals surface area contributed by atoms with E-state index < -0.39 is 0 Å². The summed E-state index contributed by atoms with van der Waals surface area (Å²) in [6.07, 6.45) is 3.24. The molecule has 0 aromatic carbocycles. The molecule has 1 atom stereocenters. The minimum absolute atomic E-state index is 0.163. The molecule has 0 saturated heterocycles. The van der Waals surface area contributed by atoms with E-state index in [0.29, 0.717) is 29.4 Å². The summed E-state index contributed by atoms with van der Waals surface area (Å²) in [6.45, 7) is 7.80. The van der Waals surface area contributed by atoms with Crippen molar-refractivity contribution in [3.63, 3.8) is 0 Å². The average molecular weight is 332 g/mol. The quantitative estimate of drug-likeness (QED) is 0.905. The van der Waals surface area contributed by atoms with E-state index in [0.717, 1.165) is 23.2 Å². The minimum Gasteiger partial charge on any atom is -0.349 e. The fraction of sp³-hybridized carbons (Fsp3) is 0.588. The number of fused-ring (bicyclic) bond motifs is 2. The Kier molecular flexibility index (Phi) is 4.38. The predicted molar refractivity (Wildman–Crippen MR) is 93.8 cm³/mol. The molecule has 3 N–H and O–H groups in total. The van der Waals surface area contributed by atoms with Gasteiger partial charge < -0.3 is 11.1 Å². The number of nitrogens with zero attached hydrogens (tertiary/aromatic N) is 2. The Balaban J connectivity index is 1.89. The molecule has 0 bridgehead atoms. The molecular weight excluding hydrogens is 308 g/mol. The average Bonchev–Trinajstić information content (AvgIpc) is 2.91. The van der Waals surface area contributed by atoms with Crippen LogP contribution in [0.2, 0.25) is 0 Å². The zero-order chi connectivity index (χ0) is 16.6. The maximum absolute atomic E-state index is 12.0. The maximum atomic E-state index is 12.0. The number of thiazole rings is 1. The van der Waals surface area contributed by atoms with Crippen molar-refractivity contribution in [1.82, 2.24) is 15.3 Å². The van der Waals surface area contributed by atoms with E-state index in [1.807, 2.05) is 0 Å². The van der Waals surface area contributed by atoms with Gasteiger partial charge in [-0.3, -0.25) is 4.79 Å². The van der Waals surface area contributed by atoms with Crippen molar-refractivity contribution in [1.29, 1.82) is 0 Å². The molecule has 2 aromatic rings. The molecule has 1 aliphatic carbocycles. The Labute approximate surface area is 140 Å². The van der Waals surface area contributed by atoms with E-state index in [9.17, 15) is 4.79 Å². The first kappa shape index (κ1) is 16.3. The van der Waals surface area contributed by atoms with E-state index in [1.54, 1.807) is 0 Å². The fourth-order valence-electron chi connectivity index (χ4n) is 3.11. The van der Waals surface area contributed by atoms with Gasteiger partial charge in [-0.15, -0.1) is 0 Å². The Morgan fingerprint density at radius 2 is 2.22 bits per heavy atom. The lowest BCUT2D eigenvalue weighted by molar-refractivity contribution is 0.0954. The number of aryl methyl sites for hydroxylation is 1. The zero-order valence-electron chi connectivity index (χ0n) is 14.0. The molecule has 0 aliphatic heterocycles. The molecule has 0 saturated carbocycles. The van der Waals surface area contributed by atoms with E-state index in [4.69, 9.17) is 10.7 Å².